The molecule has 3 aliphatic heterocycles. The zero-order chi connectivity index (χ0) is 35.3. The molecule has 5 aromatic rings. The summed E-state index contributed by atoms with van der Waals surface area (Å²) in [7, 11) is 1.61. The monoisotopic (exact) mass is 699 g/mol. The SMILES string of the molecule is COc1cc2c(cc1OCCCCCn1c(-c3ccc(OCc4ccccc4)cc3)nc3cc(N4CCOCC4)ccc31)N=C[C@@H]1CCCN1C2=O. The number of ether oxygens (including phenoxy) is 4. The topological polar surface area (TPSA) is 90.7 Å². The predicted molar refractivity (Wildman–Crippen MR) is 204 cm³/mol. The van der Waals surface area contributed by atoms with Crippen molar-refractivity contribution in [2.75, 3.05) is 51.5 Å². The van der Waals surface area contributed by atoms with Crippen molar-refractivity contribution < 1.29 is 23.7 Å². The maximum atomic E-state index is 13.2. The minimum absolute atomic E-state index is 0.0101. The van der Waals surface area contributed by atoms with Gasteiger partial charge in [-0.3, -0.25) is 9.79 Å². The Hall–Kier alpha value is -5.35. The third-order valence-corrected chi connectivity index (χ3v) is 10.2. The number of hydrogen-bond acceptors (Lipinski definition) is 8. The van der Waals surface area contributed by atoms with Crippen LogP contribution in [0.25, 0.3) is 22.4 Å². The molecule has 0 saturated carbocycles. The second kappa shape index (κ2) is 15.5. The molecule has 1 aromatic heterocycles. The van der Waals surface area contributed by atoms with Gasteiger partial charge < -0.3 is 33.3 Å². The van der Waals surface area contributed by atoms with Crippen LogP contribution in [0.2, 0.25) is 0 Å². The first-order valence-electron chi connectivity index (χ1n) is 18.4. The molecule has 3 aliphatic rings. The van der Waals surface area contributed by atoms with E-state index in [1.54, 1.807) is 13.2 Å². The Morgan fingerprint density at radius 2 is 1.71 bits per heavy atom. The van der Waals surface area contributed by atoms with Gasteiger partial charge in [0.1, 0.15) is 18.2 Å². The van der Waals surface area contributed by atoms with Crippen LogP contribution in [-0.4, -0.2) is 79.2 Å². The lowest BCUT2D eigenvalue weighted by Crippen LogP contribution is -2.36. The fraction of sp³-hybridized carbons (Fsp3) is 0.357. The van der Waals surface area contributed by atoms with Gasteiger partial charge in [0, 0.05) is 49.7 Å². The first-order valence-corrected chi connectivity index (χ1v) is 18.4. The number of nitrogens with zero attached hydrogens (tertiary/aromatic N) is 5. The van der Waals surface area contributed by atoms with Gasteiger partial charge in [-0.2, -0.15) is 0 Å². The van der Waals surface area contributed by atoms with E-state index in [2.05, 4.69) is 56.9 Å². The molecular formula is C42H45N5O5. The number of rotatable bonds is 13. The lowest BCUT2D eigenvalue weighted by Gasteiger charge is -2.28. The number of aliphatic imine (C=N–C) groups is 1. The van der Waals surface area contributed by atoms with E-state index in [0.29, 0.717) is 36.0 Å². The molecule has 0 spiro atoms. The van der Waals surface area contributed by atoms with Crippen LogP contribution in [0.3, 0.4) is 0 Å². The molecule has 10 nitrogen and oxygen atoms in total. The van der Waals surface area contributed by atoms with Crippen LogP contribution < -0.4 is 19.1 Å². The summed E-state index contributed by atoms with van der Waals surface area (Å²) in [5.74, 6) is 2.96. The Bertz CT molecular complexity index is 2040. The Balaban J connectivity index is 0.944. The van der Waals surface area contributed by atoms with Gasteiger partial charge in [0.05, 0.1) is 55.3 Å². The molecule has 0 radical (unpaired) electrons. The largest absolute Gasteiger partial charge is 0.493 e. The third kappa shape index (κ3) is 7.21. The van der Waals surface area contributed by atoms with Crippen molar-refractivity contribution in [2.45, 2.75) is 51.3 Å². The number of hydrogen-bond donors (Lipinski definition) is 0. The van der Waals surface area contributed by atoms with Crippen LogP contribution in [0, 0.1) is 0 Å². The Kier molecular flexibility index (Phi) is 10.1. The number of carbonyl (C=O) groups excluding carboxylic acids is 1. The fourth-order valence-electron chi connectivity index (χ4n) is 7.38. The molecule has 268 valence electrons. The first-order chi connectivity index (χ1) is 25.6. The van der Waals surface area contributed by atoms with E-state index in [1.165, 1.54) is 5.69 Å². The van der Waals surface area contributed by atoms with E-state index in [4.69, 9.17) is 23.9 Å². The molecule has 0 aliphatic carbocycles. The molecule has 0 unspecified atom stereocenters. The van der Waals surface area contributed by atoms with Crippen LogP contribution in [0.4, 0.5) is 11.4 Å². The van der Waals surface area contributed by atoms with Crippen molar-refractivity contribution in [1.82, 2.24) is 14.5 Å². The lowest BCUT2D eigenvalue weighted by molar-refractivity contribution is 0.0774. The van der Waals surface area contributed by atoms with E-state index in [1.807, 2.05) is 47.5 Å². The smallest absolute Gasteiger partial charge is 0.256 e. The minimum atomic E-state index is 0.0101. The van der Waals surface area contributed by atoms with E-state index in [-0.39, 0.29) is 11.9 Å². The molecular weight excluding hydrogens is 654 g/mol. The van der Waals surface area contributed by atoms with Crippen molar-refractivity contribution in [3.8, 4) is 28.6 Å². The third-order valence-electron chi connectivity index (χ3n) is 10.2. The van der Waals surface area contributed by atoms with E-state index < -0.39 is 0 Å². The van der Waals surface area contributed by atoms with Gasteiger partial charge >= 0.3 is 0 Å². The summed E-state index contributed by atoms with van der Waals surface area (Å²) in [6.07, 6.45) is 6.66. The van der Waals surface area contributed by atoms with Gasteiger partial charge in [-0.15, -0.1) is 0 Å². The van der Waals surface area contributed by atoms with Gasteiger partial charge in [-0.25, -0.2) is 4.98 Å². The number of carbonyl (C=O) groups is 1. The summed E-state index contributed by atoms with van der Waals surface area (Å²) in [6, 6.07) is 28.8. The number of benzene rings is 4. The lowest BCUT2D eigenvalue weighted by atomic mass is 10.1. The molecule has 0 N–H and O–H groups in total. The highest BCUT2D eigenvalue weighted by atomic mass is 16.5. The summed E-state index contributed by atoms with van der Waals surface area (Å²) in [5.41, 5.74) is 6.69. The van der Waals surface area contributed by atoms with Crippen LogP contribution in [0.15, 0.2) is 89.9 Å². The standard InChI is InChI=1S/C42H45N5O5/c1-49-39-26-35-36(43-28-33-11-8-19-46(33)42(35)48)27-40(39)51-22-7-3-6-18-47-38-17-14-32(45-20-23-50-24-21-45)25-37(38)44-41(47)31-12-15-34(16-13-31)52-29-30-9-4-2-5-10-30/h2,4-5,9-10,12-17,25-28,33H,3,6-8,11,18-24,29H2,1H3/t33-/m0/s1. The van der Waals surface area contributed by atoms with Gasteiger partial charge in [0.2, 0.25) is 0 Å². The number of fused-ring (bicyclic) bond motifs is 3. The highest BCUT2D eigenvalue weighted by molar-refractivity contribution is 6.03. The normalized spacial score (nSPS) is 16.9. The number of amides is 1. The van der Waals surface area contributed by atoms with Crippen molar-refractivity contribution in [3.05, 3.63) is 96.1 Å². The van der Waals surface area contributed by atoms with E-state index in [0.717, 1.165) is 105 Å². The molecule has 4 heterocycles. The first kappa shape index (κ1) is 33.8. The average molecular weight is 700 g/mol. The Morgan fingerprint density at radius 1 is 0.865 bits per heavy atom. The maximum Gasteiger partial charge on any atom is 0.256 e. The summed E-state index contributed by atoms with van der Waals surface area (Å²) in [6.45, 7) is 5.90. The van der Waals surface area contributed by atoms with Crippen molar-refractivity contribution in [3.63, 3.8) is 0 Å². The van der Waals surface area contributed by atoms with Gasteiger partial charge in [-0.1, -0.05) is 30.3 Å². The second-order valence-corrected chi connectivity index (χ2v) is 13.6. The molecule has 8 rings (SSSR count). The molecule has 2 saturated heterocycles. The van der Waals surface area contributed by atoms with Crippen molar-refractivity contribution in [1.29, 1.82) is 0 Å². The summed E-state index contributed by atoms with van der Waals surface area (Å²) < 4.78 is 25.9. The zero-order valence-corrected chi connectivity index (χ0v) is 29.7. The van der Waals surface area contributed by atoms with Crippen molar-refractivity contribution in [2.24, 2.45) is 4.99 Å². The Morgan fingerprint density at radius 3 is 2.54 bits per heavy atom. The summed E-state index contributed by atoms with van der Waals surface area (Å²) in [5, 5.41) is 0. The zero-order valence-electron chi connectivity index (χ0n) is 29.7. The molecule has 2 fully saturated rings. The molecule has 1 atom stereocenters. The number of morpholine rings is 1. The van der Waals surface area contributed by atoms with Crippen LogP contribution >= 0.6 is 0 Å². The highest BCUT2D eigenvalue weighted by Crippen LogP contribution is 2.38. The highest BCUT2D eigenvalue weighted by Gasteiger charge is 2.32. The van der Waals surface area contributed by atoms with Gasteiger partial charge in [0.15, 0.2) is 11.5 Å². The summed E-state index contributed by atoms with van der Waals surface area (Å²) >= 11 is 0. The van der Waals surface area contributed by atoms with Crippen LogP contribution in [0.5, 0.6) is 17.2 Å². The number of anilines is 1. The van der Waals surface area contributed by atoms with Crippen molar-refractivity contribution >= 4 is 34.5 Å². The number of aromatic nitrogens is 2. The number of methoxy groups -OCH3 is 1. The summed E-state index contributed by atoms with van der Waals surface area (Å²) in [4.78, 5) is 27.4. The Labute approximate surface area is 304 Å². The molecule has 0 bridgehead atoms. The molecule has 4 aromatic carbocycles. The number of aryl methyl sites for hydroxylation is 1. The van der Waals surface area contributed by atoms with Gasteiger partial charge in [-0.05, 0) is 86.2 Å². The molecule has 1 amide bonds. The molecule has 52 heavy (non-hydrogen) atoms. The van der Waals surface area contributed by atoms with E-state index >= 15 is 0 Å². The van der Waals surface area contributed by atoms with Crippen LogP contribution in [0.1, 0.15) is 48.0 Å². The minimum Gasteiger partial charge on any atom is -0.493 e. The quantitative estimate of drug-likeness (QED) is 0.116. The maximum absolute atomic E-state index is 13.2. The number of imidazole rings is 1. The molecule has 10 heteroatoms. The number of unbranched alkanes of at least 4 members (excludes halogenated alkanes) is 2. The van der Waals surface area contributed by atoms with Gasteiger partial charge in [0.25, 0.3) is 5.91 Å². The predicted octanol–water partition coefficient (Wildman–Crippen LogP) is 7.70. The van der Waals surface area contributed by atoms with Crippen LogP contribution in [-0.2, 0) is 17.9 Å². The van der Waals surface area contributed by atoms with E-state index in [9.17, 15) is 4.79 Å². The second-order valence-electron chi connectivity index (χ2n) is 13.6. The average Bonchev–Trinajstić information content (AvgIpc) is 3.79. The fourth-order valence-corrected chi connectivity index (χ4v) is 7.38.